The summed E-state index contributed by atoms with van der Waals surface area (Å²) in [5.41, 5.74) is 0.993. The number of likely N-dealkylation sites (tertiary alicyclic amines) is 2. The highest BCUT2D eigenvalue weighted by Crippen LogP contribution is 2.45. The Morgan fingerprint density at radius 2 is 1.92 bits per heavy atom. The van der Waals surface area contributed by atoms with Crippen LogP contribution in [0, 0.1) is 34.4 Å². The number of carbonyl (C=O) groups is 2. The van der Waals surface area contributed by atoms with Crippen molar-refractivity contribution in [2.45, 2.75) is 76.6 Å². The Kier molecular flexibility index (Phi) is 6.62. The van der Waals surface area contributed by atoms with Crippen LogP contribution in [0.3, 0.4) is 0 Å². The van der Waals surface area contributed by atoms with E-state index in [0.29, 0.717) is 17.0 Å². The van der Waals surface area contributed by atoms with Crippen LogP contribution in [0.1, 0.15) is 52.0 Å². The molecule has 8 nitrogen and oxygen atoms in total. The number of amides is 1. The van der Waals surface area contributed by atoms with Crippen molar-refractivity contribution < 1.29 is 23.5 Å². The number of benzene rings is 1. The van der Waals surface area contributed by atoms with Gasteiger partial charge in [-0.05, 0) is 70.1 Å². The number of piperidine rings is 1. The summed E-state index contributed by atoms with van der Waals surface area (Å²) in [7, 11) is 0. The standard InChI is InChI=1S/C30H39FN4O4/c1-29(2,3)39-28(37)35-23-7-5-21(10-23)27(35)26(36)9-19(12-32)8-20-4-6-22(11-25(20)31)33-15-30(16-33)17-34(18-30)24-13-38-14-24/h4,6,11,19,21,23-24,27H,5,7-10,13-18H2,1-3H3/t19-,21+,23-,27+/m1/s1. The van der Waals surface area contributed by atoms with Crippen LogP contribution in [0.15, 0.2) is 18.2 Å². The first-order valence-electron chi connectivity index (χ1n) is 14.3. The van der Waals surface area contributed by atoms with E-state index in [0.717, 1.165) is 64.3 Å². The zero-order valence-electron chi connectivity index (χ0n) is 23.2. The number of carbonyl (C=O) groups excluding carboxylic acids is 2. The number of nitriles is 1. The Bertz CT molecular complexity index is 1170. The molecule has 4 atom stereocenters. The monoisotopic (exact) mass is 538 g/mol. The summed E-state index contributed by atoms with van der Waals surface area (Å²) < 4.78 is 26.0. The van der Waals surface area contributed by atoms with E-state index in [2.05, 4.69) is 15.9 Å². The summed E-state index contributed by atoms with van der Waals surface area (Å²) in [5, 5.41) is 9.84. The first-order chi connectivity index (χ1) is 18.5. The SMILES string of the molecule is CC(C)(C)OC(=O)N1[C@@H]2CC[C@@H](C2)[C@H]1C(=O)C[C@H](C#N)Cc1ccc(N2CC3(C2)CN(C2COC2)C3)cc1F. The number of hydrogen-bond acceptors (Lipinski definition) is 7. The molecular weight excluding hydrogens is 499 g/mol. The minimum absolute atomic E-state index is 0.00204. The van der Waals surface area contributed by atoms with E-state index >= 15 is 4.39 Å². The van der Waals surface area contributed by atoms with Crippen LogP contribution in [-0.2, 0) is 20.7 Å². The fourth-order valence-electron chi connectivity index (χ4n) is 7.33. The van der Waals surface area contributed by atoms with Crippen LogP contribution >= 0.6 is 0 Å². The second kappa shape index (κ2) is 9.74. The summed E-state index contributed by atoms with van der Waals surface area (Å²) in [6.45, 7) is 11.2. The quantitative estimate of drug-likeness (QED) is 0.522. The molecule has 4 saturated heterocycles. The van der Waals surface area contributed by atoms with Crippen molar-refractivity contribution >= 4 is 17.6 Å². The van der Waals surface area contributed by atoms with Crippen molar-refractivity contribution in [1.82, 2.24) is 9.80 Å². The molecule has 1 spiro atoms. The van der Waals surface area contributed by atoms with Crippen LogP contribution in [0.25, 0.3) is 0 Å². The molecule has 39 heavy (non-hydrogen) atoms. The molecule has 9 heteroatoms. The number of fused-ring (bicyclic) bond motifs is 2. The Labute approximate surface area is 230 Å². The zero-order valence-corrected chi connectivity index (χ0v) is 23.2. The molecule has 5 aliphatic rings. The third-order valence-corrected chi connectivity index (χ3v) is 9.28. The second-order valence-electron chi connectivity index (χ2n) is 13.5. The predicted molar refractivity (Wildman–Crippen MR) is 143 cm³/mol. The second-order valence-corrected chi connectivity index (χ2v) is 13.5. The van der Waals surface area contributed by atoms with Crippen molar-refractivity contribution in [1.29, 1.82) is 5.26 Å². The average molecular weight is 539 g/mol. The van der Waals surface area contributed by atoms with E-state index in [1.807, 2.05) is 26.8 Å². The molecule has 5 fully saturated rings. The predicted octanol–water partition coefficient (Wildman–Crippen LogP) is 3.78. The van der Waals surface area contributed by atoms with Gasteiger partial charge in [0.15, 0.2) is 5.78 Å². The van der Waals surface area contributed by atoms with Gasteiger partial charge in [-0.15, -0.1) is 0 Å². The lowest BCUT2D eigenvalue weighted by Crippen LogP contribution is -2.75. The van der Waals surface area contributed by atoms with Crippen molar-refractivity contribution in [3.8, 4) is 6.07 Å². The van der Waals surface area contributed by atoms with Gasteiger partial charge in [0.1, 0.15) is 11.4 Å². The normalized spacial score (nSPS) is 28.4. The van der Waals surface area contributed by atoms with Crippen LogP contribution in [-0.4, -0.2) is 84.8 Å². The first-order valence-corrected chi connectivity index (χ1v) is 14.3. The molecule has 0 N–H and O–H groups in total. The van der Waals surface area contributed by atoms with Gasteiger partial charge in [0.2, 0.25) is 0 Å². The van der Waals surface area contributed by atoms with Crippen molar-refractivity contribution in [2.24, 2.45) is 17.3 Å². The minimum Gasteiger partial charge on any atom is -0.444 e. The largest absolute Gasteiger partial charge is 0.444 e. The highest BCUT2D eigenvalue weighted by molar-refractivity contribution is 5.89. The first kappa shape index (κ1) is 26.5. The van der Waals surface area contributed by atoms with Crippen molar-refractivity contribution in [3.63, 3.8) is 0 Å². The molecule has 1 aromatic carbocycles. The summed E-state index contributed by atoms with van der Waals surface area (Å²) in [5.74, 6) is -1.000. The Hall–Kier alpha value is -2.70. The topological polar surface area (TPSA) is 86.1 Å². The van der Waals surface area contributed by atoms with E-state index in [9.17, 15) is 14.9 Å². The van der Waals surface area contributed by atoms with Gasteiger partial charge < -0.3 is 14.4 Å². The molecule has 4 heterocycles. The fraction of sp³-hybridized carbons (Fsp3) is 0.700. The highest BCUT2D eigenvalue weighted by atomic mass is 19.1. The van der Waals surface area contributed by atoms with Gasteiger partial charge in [0.05, 0.1) is 37.3 Å². The summed E-state index contributed by atoms with van der Waals surface area (Å²) >= 11 is 0. The van der Waals surface area contributed by atoms with E-state index in [1.54, 1.807) is 17.0 Å². The highest BCUT2D eigenvalue weighted by Gasteiger charge is 2.54. The number of nitrogens with zero attached hydrogens (tertiary/aromatic N) is 4. The van der Waals surface area contributed by atoms with Gasteiger partial charge in [-0.2, -0.15) is 5.26 Å². The molecule has 0 radical (unpaired) electrons. The molecule has 0 aromatic heterocycles. The number of ether oxygens (including phenoxy) is 2. The molecule has 1 saturated carbocycles. The number of rotatable bonds is 7. The van der Waals surface area contributed by atoms with Gasteiger partial charge in [-0.1, -0.05) is 6.07 Å². The van der Waals surface area contributed by atoms with Gasteiger partial charge in [0, 0.05) is 49.7 Å². The molecular formula is C30H39FN4O4. The maximum atomic E-state index is 15.2. The average Bonchev–Trinajstić information content (AvgIpc) is 3.40. The van der Waals surface area contributed by atoms with Crippen LogP contribution in [0.2, 0.25) is 0 Å². The molecule has 1 amide bonds. The maximum Gasteiger partial charge on any atom is 0.411 e. The lowest BCUT2D eigenvalue weighted by Gasteiger charge is -2.63. The molecule has 1 aromatic rings. The van der Waals surface area contributed by atoms with Crippen LogP contribution in [0.5, 0.6) is 0 Å². The van der Waals surface area contributed by atoms with Crippen LogP contribution < -0.4 is 4.90 Å². The van der Waals surface area contributed by atoms with E-state index in [-0.39, 0.29) is 36.4 Å². The molecule has 2 bridgehead atoms. The summed E-state index contributed by atoms with van der Waals surface area (Å²) in [4.78, 5) is 32.7. The van der Waals surface area contributed by atoms with E-state index in [1.165, 1.54) is 0 Å². The minimum atomic E-state index is -0.652. The number of Topliss-reactive ketones (excluding diaryl/α,β-unsaturated/α-hetero) is 1. The zero-order chi connectivity index (χ0) is 27.5. The Balaban J connectivity index is 1.05. The Morgan fingerprint density at radius 1 is 1.18 bits per heavy atom. The third-order valence-electron chi connectivity index (χ3n) is 9.28. The third kappa shape index (κ3) is 5.02. The summed E-state index contributed by atoms with van der Waals surface area (Å²) in [6, 6.07) is 7.50. The molecule has 0 unspecified atom stereocenters. The molecule has 1 aliphatic carbocycles. The molecule has 210 valence electrons. The smallest absolute Gasteiger partial charge is 0.411 e. The van der Waals surface area contributed by atoms with E-state index < -0.39 is 23.7 Å². The number of ketones is 1. The van der Waals surface area contributed by atoms with Gasteiger partial charge >= 0.3 is 6.09 Å². The van der Waals surface area contributed by atoms with E-state index in [4.69, 9.17) is 9.47 Å². The number of halogens is 1. The number of hydrogen-bond donors (Lipinski definition) is 0. The van der Waals surface area contributed by atoms with Crippen molar-refractivity contribution in [2.75, 3.05) is 44.3 Å². The van der Waals surface area contributed by atoms with Gasteiger partial charge in [0.25, 0.3) is 0 Å². The van der Waals surface area contributed by atoms with Crippen LogP contribution in [0.4, 0.5) is 14.9 Å². The number of anilines is 1. The van der Waals surface area contributed by atoms with Gasteiger partial charge in [-0.3, -0.25) is 14.6 Å². The fourth-order valence-corrected chi connectivity index (χ4v) is 7.33. The lowest BCUT2D eigenvalue weighted by atomic mass is 9.71. The van der Waals surface area contributed by atoms with Crippen molar-refractivity contribution in [3.05, 3.63) is 29.6 Å². The summed E-state index contributed by atoms with van der Waals surface area (Å²) in [6.07, 6.45) is 2.29. The van der Waals surface area contributed by atoms with Gasteiger partial charge in [-0.25, -0.2) is 9.18 Å². The molecule has 6 rings (SSSR count). The Morgan fingerprint density at radius 3 is 2.54 bits per heavy atom. The maximum absolute atomic E-state index is 15.2. The lowest BCUT2D eigenvalue weighted by molar-refractivity contribution is -0.137. The molecule has 4 aliphatic heterocycles.